The lowest BCUT2D eigenvalue weighted by Crippen LogP contribution is -2.25. The fourth-order valence-corrected chi connectivity index (χ4v) is 5.88. The standard InChI is InChI=1S/C14H32Si/c1-6-8-10-12-15(14(3,4)5)13-11-9-7-2/h15H,6-13H2,1-5H3. The van der Waals surface area contributed by atoms with Gasteiger partial charge in [0.15, 0.2) is 0 Å². The van der Waals surface area contributed by atoms with Crippen molar-refractivity contribution >= 4 is 8.80 Å². The van der Waals surface area contributed by atoms with Gasteiger partial charge in [-0.05, 0) is 5.04 Å². The Morgan fingerprint density at radius 3 is 1.40 bits per heavy atom. The zero-order chi connectivity index (χ0) is 11.7. The van der Waals surface area contributed by atoms with E-state index in [1.807, 2.05) is 0 Å². The highest BCUT2D eigenvalue weighted by Crippen LogP contribution is 2.34. The van der Waals surface area contributed by atoms with Crippen LogP contribution in [0.5, 0.6) is 0 Å². The summed E-state index contributed by atoms with van der Waals surface area (Å²) in [5, 5.41) is 0.654. The Labute approximate surface area is 99.5 Å². The van der Waals surface area contributed by atoms with E-state index in [1.165, 1.54) is 38.5 Å². The molecule has 0 aromatic rings. The Bertz CT molecular complexity index is 125. The molecule has 0 atom stereocenters. The highest BCUT2D eigenvalue weighted by Gasteiger charge is 2.24. The molecule has 0 amide bonds. The summed E-state index contributed by atoms with van der Waals surface area (Å²) in [6, 6.07) is 3.17. The van der Waals surface area contributed by atoms with Crippen molar-refractivity contribution < 1.29 is 0 Å². The van der Waals surface area contributed by atoms with Crippen LogP contribution in [-0.2, 0) is 0 Å². The van der Waals surface area contributed by atoms with E-state index in [2.05, 4.69) is 34.6 Å². The van der Waals surface area contributed by atoms with Gasteiger partial charge in [0.2, 0.25) is 0 Å². The van der Waals surface area contributed by atoms with Crippen LogP contribution in [0.1, 0.15) is 73.1 Å². The van der Waals surface area contributed by atoms with Gasteiger partial charge in [-0.1, -0.05) is 85.2 Å². The molecule has 0 spiro atoms. The molecular weight excluding hydrogens is 196 g/mol. The first-order valence-corrected chi connectivity index (χ1v) is 9.23. The van der Waals surface area contributed by atoms with Gasteiger partial charge in [0.25, 0.3) is 0 Å². The molecule has 0 aliphatic carbocycles. The van der Waals surface area contributed by atoms with Crippen molar-refractivity contribution in [2.75, 3.05) is 0 Å². The minimum Gasteiger partial charge on any atom is -0.0654 e. The average Bonchev–Trinajstić information content (AvgIpc) is 2.14. The zero-order valence-corrected chi connectivity index (χ0v) is 12.9. The van der Waals surface area contributed by atoms with Crippen LogP contribution in [0.3, 0.4) is 0 Å². The van der Waals surface area contributed by atoms with Gasteiger partial charge in [-0.3, -0.25) is 0 Å². The molecule has 0 heterocycles. The summed E-state index contributed by atoms with van der Waals surface area (Å²) >= 11 is 0. The molecule has 0 saturated heterocycles. The maximum atomic E-state index is 2.47. The molecule has 0 aromatic carbocycles. The van der Waals surface area contributed by atoms with Crippen molar-refractivity contribution in [1.29, 1.82) is 0 Å². The lowest BCUT2D eigenvalue weighted by Gasteiger charge is -2.29. The van der Waals surface area contributed by atoms with Gasteiger partial charge >= 0.3 is 0 Å². The predicted octanol–water partition coefficient (Wildman–Crippen LogP) is 5.39. The van der Waals surface area contributed by atoms with Crippen LogP contribution in [0, 0.1) is 0 Å². The van der Waals surface area contributed by atoms with Crippen LogP contribution in [0.25, 0.3) is 0 Å². The molecule has 0 N–H and O–H groups in total. The molecule has 0 bridgehead atoms. The third-order valence-corrected chi connectivity index (χ3v) is 8.20. The molecule has 0 aliphatic heterocycles. The summed E-state index contributed by atoms with van der Waals surface area (Å²) in [4.78, 5) is 0. The van der Waals surface area contributed by atoms with Gasteiger partial charge in [-0.2, -0.15) is 0 Å². The van der Waals surface area contributed by atoms with Gasteiger partial charge in [0.05, 0.1) is 0 Å². The molecule has 1 heteroatoms. The van der Waals surface area contributed by atoms with Crippen LogP contribution in [-0.4, -0.2) is 8.80 Å². The van der Waals surface area contributed by atoms with Crippen molar-refractivity contribution in [2.45, 2.75) is 90.3 Å². The van der Waals surface area contributed by atoms with Crippen LogP contribution in [0.15, 0.2) is 0 Å². The van der Waals surface area contributed by atoms with E-state index in [0.29, 0.717) is 5.04 Å². The molecule has 0 unspecified atom stereocenters. The Hall–Kier alpha value is 0.217. The smallest absolute Gasteiger partial charge is 0.0422 e. The third kappa shape index (κ3) is 8.07. The highest BCUT2D eigenvalue weighted by molar-refractivity contribution is 6.62. The second-order valence-corrected chi connectivity index (χ2v) is 10.3. The molecule has 0 aromatic heterocycles. The summed E-state index contributed by atoms with van der Waals surface area (Å²) in [6.45, 7) is 12.0. The Morgan fingerprint density at radius 1 is 0.733 bits per heavy atom. The first kappa shape index (κ1) is 15.2. The van der Waals surface area contributed by atoms with Gasteiger partial charge < -0.3 is 0 Å². The average molecular weight is 228 g/mol. The van der Waals surface area contributed by atoms with Crippen molar-refractivity contribution in [3.05, 3.63) is 0 Å². The van der Waals surface area contributed by atoms with Gasteiger partial charge in [0, 0.05) is 8.80 Å². The summed E-state index contributed by atoms with van der Waals surface area (Å²) in [5.74, 6) is 0. The topological polar surface area (TPSA) is 0 Å². The molecule has 0 aliphatic rings. The summed E-state index contributed by atoms with van der Waals surface area (Å²) in [7, 11) is -0.485. The fourth-order valence-electron chi connectivity index (χ4n) is 2.29. The summed E-state index contributed by atoms with van der Waals surface area (Å²) in [6.07, 6.45) is 8.65. The minimum atomic E-state index is -0.485. The predicted molar refractivity (Wildman–Crippen MR) is 75.5 cm³/mol. The number of unbranched alkanes of at least 4 members (excludes halogenated alkanes) is 4. The molecule has 0 rings (SSSR count). The normalized spacial score (nSPS) is 12.4. The number of hydrogen-bond donors (Lipinski definition) is 0. The maximum Gasteiger partial charge on any atom is 0.0422 e. The van der Waals surface area contributed by atoms with E-state index < -0.39 is 8.80 Å². The Kier molecular flexibility index (Phi) is 8.50. The van der Waals surface area contributed by atoms with Crippen molar-refractivity contribution in [1.82, 2.24) is 0 Å². The van der Waals surface area contributed by atoms with E-state index >= 15 is 0 Å². The largest absolute Gasteiger partial charge is 0.0654 e. The first-order chi connectivity index (χ1) is 7.02. The monoisotopic (exact) mass is 228 g/mol. The molecule has 92 valence electrons. The van der Waals surface area contributed by atoms with Crippen LogP contribution in [0.4, 0.5) is 0 Å². The highest BCUT2D eigenvalue weighted by atomic mass is 28.3. The summed E-state index contributed by atoms with van der Waals surface area (Å²) < 4.78 is 0. The Morgan fingerprint density at radius 2 is 1.13 bits per heavy atom. The van der Waals surface area contributed by atoms with Gasteiger partial charge in [-0.15, -0.1) is 0 Å². The van der Waals surface area contributed by atoms with Crippen molar-refractivity contribution in [3.63, 3.8) is 0 Å². The zero-order valence-electron chi connectivity index (χ0n) is 11.7. The minimum absolute atomic E-state index is 0.485. The van der Waals surface area contributed by atoms with Crippen molar-refractivity contribution in [2.24, 2.45) is 0 Å². The van der Waals surface area contributed by atoms with Gasteiger partial charge in [0.1, 0.15) is 0 Å². The maximum absolute atomic E-state index is 2.47. The lowest BCUT2D eigenvalue weighted by molar-refractivity contribution is 0.681. The molecule has 15 heavy (non-hydrogen) atoms. The van der Waals surface area contributed by atoms with E-state index in [-0.39, 0.29) is 0 Å². The Balaban J connectivity index is 3.85. The third-order valence-electron chi connectivity index (χ3n) is 3.54. The second-order valence-electron chi connectivity index (χ2n) is 6.05. The summed E-state index contributed by atoms with van der Waals surface area (Å²) in [5.41, 5.74) is 0. The van der Waals surface area contributed by atoms with E-state index in [9.17, 15) is 0 Å². The van der Waals surface area contributed by atoms with E-state index in [0.717, 1.165) is 0 Å². The first-order valence-electron chi connectivity index (χ1n) is 7.02. The molecule has 0 saturated carbocycles. The number of rotatable bonds is 8. The van der Waals surface area contributed by atoms with Gasteiger partial charge in [-0.25, -0.2) is 0 Å². The van der Waals surface area contributed by atoms with E-state index in [4.69, 9.17) is 0 Å². The SMILES string of the molecule is CCCCC[SiH](CCCCC)C(C)(C)C. The quantitative estimate of drug-likeness (QED) is 0.386. The van der Waals surface area contributed by atoms with Crippen molar-refractivity contribution in [3.8, 4) is 0 Å². The lowest BCUT2D eigenvalue weighted by atomic mass is 10.2. The van der Waals surface area contributed by atoms with Crippen LogP contribution < -0.4 is 0 Å². The fraction of sp³-hybridized carbons (Fsp3) is 1.00. The van der Waals surface area contributed by atoms with E-state index in [1.54, 1.807) is 12.1 Å². The molecule has 0 nitrogen and oxygen atoms in total. The number of hydrogen-bond acceptors (Lipinski definition) is 0. The molecular formula is C14H32Si. The second kappa shape index (κ2) is 8.38. The molecule has 0 radical (unpaired) electrons. The van der Waals surface area contributed by atoms with Crippen LogP contribution in [0.2, 0.25) is 17.1 Å². The van der Waals surface area contributed by atoms with Crippen LogP contribution >= 0.6 is 0 Å². The molecule has 0 fully saturated rings.